The summed E-state index contributed by atoms with van der Waals surface area (Å²) in [5.74, 6) is 0.946. The third-order valence-electron chi connectivity index (χ3n) is 5.20. The lowest BCUT2D eigenvalue weighted by atomic mass is 9.79. The standard InChI is InChI=1S/C17H36N2/c1-6-12-18-16-11-10-14(7-2)13-17(16)19(5)15(8-3)9-4/h14-18H,6-13H2,1-5H3. The molecule has 1 aliphatic carbocycles. The lowest BCUT2D eigenvalue weighted by Crippen LogP contribution is -2.54. The maximum absolute atomic E-state index is 3.81. The molecule has 3 atom stereocenters. The Morgan fingerprint density at radius 2 is 1.79 bits per heavy atom. The molecule has 1 rings (SSSR count). The van der Waals surface area contributed by atoms with Crippen LogP contribution < -0.4 is 5.32 Å². The van der Waals surface area contributed by atoms with E-state index in [0.29, 0.717) is 6.04 Å². The highest BCUT2D eigenvalue weighted by Crippen LogP contribution is 2.31. The summed E-state index contributed by atoms with van der Waals surface area (Å²) in [6.45, 7) is 10.5. The van der Waals surface area contributed by atoms with Gasteiger partial charge in [-0.15, -0.1) is 0 Å². The second-order valence-corrected chi connectivity index (χ2v) is 6.35. The molecule has 0 spiro atoms. The maximum Gasteiger partial charge on any atom is 0.0251 e. The van der Waals surface area contributed by atoms with Crippen molar-refractivity contribution in [1.82, 2.24) is 10.2 Å². The molecular weight excluding hydrogens is 232 g/mol. The molecule has 114 valence electrons. The summed E-state index contributed by atoms with van der Waals surface area (Å²) in [6, 6.07) is 2.22. The van der Waals surface area contributed by atoms with E-state index in [1.165, 1.54) is 51.5 Å². The van der Waals surface area contributed by atoms with Gasteiger partial charge >= 0.3 is 0 Å². The van der Waals surface area contributed by atoms with Crippen LogP contribution in [0, 0.1) is 5.92 Å². The lowest BCUT2D eigenvalue weighted by molar-refractivity contribution is 0.0787. The predicted octanol–water partition coefficient (Wildman–Crippen LogP) is 4.05. The van der Waals surface area contributed by atoms with Crippen LogP contribution in [0.3, 0.4) is 0 Å². The Kier molecular flexibility index (Phi) is 8.01. The third-order valence-corrected chi connectivity index (χ3v) is 5.20. The number of nitrogens with one attached hydrogen (secondary N) is 1. The monoisotopic (exact) mass is 268 g/mol. The minimum Gasteiger partial charge on any atom is -0.312 e. The first-order valence-corrected chi connectivity index (χ1v) is 8.63. The minimum atomic E-state index is 0.716. The van der Waals surface area contributed by atoms with Crippen molar-refractivity contribution < 1.29 is 0 Å². The maximum atomic E-state index is 3.81. The van der Waals surface area contributed by atoms with Crippen molar-refractivity contribution in [2.24, 2.45) is 5.92 Å². The van der Waals surface area contributed by atoms with Crippen LogP contribution in [-0.4, -0.2) is 36.6 Å². The molecule has 1 N–H and O–H groups in total. The van der Waals surface area contributed by atoms with Gasteiger partial charge in [0.05, 0.1) is 0 Å². The van der Waals surface area contributed by atoms with Crippen LogP contribution >= 0.6 is 0 Å². The molecule has 0 aliphatic heterocycles. The predicted molar refractivity (Wildman–Crippen MR) is 85.6 cm³/mol. The number of hydrogen-bond acceptors (Lipinski definition) is 2. The van der Waals surface area contributed by atoms with Gasteiger partial charge in [-0.2, -0.15) is 0 Å². The molecule has 2 nitrogen and oxygen atoms in total. The molecule has 0 aromatic rings. The molecule has 3 unspecified atom stereocenters. The Bertz CT molecular complexity index is 225. The summed E-state index contributed by atoms with van der Waals surface area (Å²) < 4.78 is 0. The Labute approximate surface area is 121 Å². The van der Waals surface area contributed by atoms with Gasteiger partial charge in [0, 0.05) is 18.1 Å². The number of rotatable bonds is 8. The van der Waals surface area contributed by atoms with E-state index in [9.17, 15) is 0 Å². The van der Waals surface area contributed by atoms with Crippen molar-refractivity contribution in [2.45, 2.75) is 90.8 Å². The molecule has 1 fully saturated rings. The molecule has 1 saturated carbocycles. The Morgan fingerprint density at radius 3 is 2.32 bits per heavy atom. The SMILES string of the molecule is CCCNC1CCC(CC)CC1N(C)C(CC)CC. The first-order valence-electron chi connectivity index (χ1n) is 8.63. The summed E-state index contributed by atoms with van der Waals surface area (Å²) in [5.41, 5.74) is 0. The summed E-state index contributed by atoms with van der Waals surface area (Å²) >= 11 is 0. The van der Waals surface area contributed by atoms with Gasteiger partial charge < -0.3 is 5.32 Å². The smallest absolute Gasteiger partial charge is 0.0251 e. The number of likely N-dealkylation sites (N-methyl/N-ethyl adjacent to an activating group) is 1. The zero-order valence-corrected chi connectivity index (χ0v) is 13.9. The van der Waals surface area contributed by atoms with Crippen molar-refractivity contribution >= 4 is 0 Å². The average Bonchev–Trinajstić information content (AvgIpc) is 2.46. The van der Waals surface area contributed by atoms with Gasteiger partial charge in [-0.1, -0.05) is 34.1 Å². The van der Waals surface area contributed by atoms with Gasteiger partial charge in [0.1, 0.15) is 0 Å². The van der Waals surface area contributed by atoms with E-state index in [1.54, 1.807) is 0 Å². The van der Waals surface area contributed by atoms with Crippen LogP contribution in [-0.2, 0) is 0 Å². The van der Waals surface area contributed by atoms with E-state index >= 15 is 0 Å². The van der Waals surface area contributed by atoms with Crippen LogP contribution in [0.1, 0.15) is 72.6 Å². The normalized spacial score (nSPS) is 28.3. The van der Waals surface area contributed by atoms with E-state index in [0.717, 1.165) is 18.0 Å². The second kappa shape index (κ2) is 8.97. The van der Waals surface area contributed by atoms with E-state index in [1.807, 2.05) is 0 Å². The highest BCUT2D eigenvalue weighted by atomic mass is 15.2. The molecule has 0 aromatic carbocycles. The molecule has 0 heterocycles. The van der Waals surface area contributed by atoms with Crippen molar-refractivity contribution in [3.05, 3.63) is 0 Å². The van der Waals surface area contributed by atoms with E-state index < -0.39 is 0 Å². The van der Waals surface area contributed by atoms with Crippen LogP contribution in [0.5, 0.6) is 0 Å². The molecular formula is C17H36N2. The van der Waals surface area contributed by atoms with Gasteiger partial charge in [0.15, 0.2) is 0 Å². The average molecular weight is 268 g/mol. The first-order chi connectivity index (χ1) is 9.17. The number of nitrogens with zero attached hydrogens (tertiary/aromatic N) is 1. The first kappa shape index (κ1) is 17.0. The van der Waals surface area contributed by atoms with E-state index in [-0.39, 0.29) is 0 Å². The van der Waals surface area contributed by atoms with Gasteiger partial charge in [0.25, 0.3) is 0 Å². The highest BCUT2D eigenvalue weighted by Gasteiger charge is 2.33. The molecule has 1 aliphatic rings. The Balaban J connectivity index is 2.68. The summed E-state index contributed by atoms with van der Waals surface area (Å²) in [4.78, 5) is 2.69. The molecule has 2 heteroatoms. The molecule has 0 bridgehead atoms. The van der Waals surface area contributed by atoms with Gasteiger partial charge in [-0.25, -0.2) is 0 Å². The Morgan fingerprint density at radius 1 is 1.11 bits per heavy atom. The molecule has 0 radical (unpaired) electrons. The van der Waals surface area contributed by atoms with Gasteiger partial charge in [0.2, 0.25) is 0 Å². The lowest BCUT2D eigenvalue weighted by Gasteiger charge is -2.44. The van der Waals surface area contributed by atoms with Crippen LogP contribution in [0.2, 0.25) is 0 Å². The van der Waals surface area contributed by atoms with Crippen molar-refractivity contribution in [3.8, 4) is 0 Å². The molecule has 19 heavy (non-hydrogen) atoms. The van der Waals surface area contributed by atoms with E-state index in [2.05, 4.69) is 45.0 Å². The second-order valence-electron chi connectivity index (χ2n) is 6.35. The summed E-state index contributed by atoms with van der Waals surface area (Å²) in [6.07, 6.45) is 9.34. The molecule has 0 amide bonds. The topological polar surface area (TPSA) is 15.3 Å². The summed E-state index contributed by atoms with van der Waals surface area (Å²) in [5, 5.41) is 3.81. The van der Waals surface area contributed by atoms with Crippen LogP contribution in [0.15, 0.2) is 0 Å². The minimum absolute atomic E-state index is 0.716. The largest absolute Gasteiger partial charge is 0.312 e. The van der Waals surface area contributed by atoms with Gasteiger partial charge in [-0.05, 0) is 58.0 Å². The van der Waals surface area contributed by atoms with Crippen LogP contribution in [0.4, 0.5) is 0 Å². The highest BCUT2D eigenvalue weighted by molar-refractivity contribution is 4.91. The summed E-state index contributed by atoms with van der Waals surface area (Å²) in [7, 11) is 2.36. The zero-order chi connectivity index (χ0) is 14.3. The molecule has 0 aromatic heterocycles. The van der Waals surface area contributed by atoms with E-state index in [4.69, 9.17) is 0 Å². The fraction of sp³-hybridized carbons (Fsp3) is 1.00. The fourth-order valence-electron chi connectivity index (χ4n) is 3.76. The number of hydrogen-bond donors (Lipinski definition) is 1. The zero-order valence-electron chi connectivity index (χ0n) is 13.9. The van der Waals surface area contributed by atoms with Crippen molar-refractivity contribution in [1.29, 1.82) is 0 Å². The van der Waals surface area contributed by atoms with Crippen molar-refractivity contribution in [2.75, 3.05) is 13.6 Å². The quantitative estimate of drug-likeness (QED) is 0.714. The van der Waals surface area contributed by atoms with Crippen molar-refractivity contribution in [3.63, 3.8) is 0 Å². The third kappa shape index (κ3) is 4.75. The Hall–Kier alpha value is -0.0800. The fourth-order valence-corrected chi connectivity index (χ4v) is 3.76. The van der Waals surface area contributed by atoms with Crippen LogP contribution in [0.25, 0.3) is 0 Å². The van der Waals surface area contributed by atoms with Gasteiger partial charge in [-0.3, -0.25) is 4.90 Å². The molecule has 0 saturated heterocycles.